The Hall–Kier alpha value is -1.23. The highest BCUT2D eigenvalue weighted by Gasteiger charge is 2.41. The Morgan fingerprint density at radius 1 is 1.17 bits per heavy atom. The largest absolute Gasteiger partial charge is 0.382 e. The predicted octanol–water partition coefficient (Wildman–Crippen LogP) is 1.58. The molecule has 0 aromatic heterocycles. The summed E-state index contributed by atoms with van der Waals surface area (Å²) in [6.45, 7) is 1.44. The minimum absolute atomic E-state index is 0.115. The number of ketones is 1. The summed E-state index contributed by atoms with van der Waals surface area (Å²) in [5, 5.41) is 0. The first-order valence-corrected chi connectivity index (χ1v) is 6.10. The summed E-state index contributed by atoms with van der Waals surface area (Å²) in [5.74, 6) is 0.115. The highest BCUT2D eigenvalue weighted by atomic mass is 16.6. The van der Waals surface area contributed by atoms with Gasteiger partial charge in [0.25, 0.3) is 0 Å². The number of benzene rings is 1. The Labute approximate surface area is 107 Å². The molecule has 0 radical (unpaired) electrons. The third-order valence-electron chi connectivity index (χ3n) is 2.95. The van der Waals surface area contributed by atoms with Crippen molar-refractivity contribution in [3.05, 3.63) is 35.9 Å². The van der Waals surface area contributed by atoms with E-state index in [0.717, 1.165) is 5.56 Å². The molecule has 4 nitrogen and oxygen atoms in total. The SMILES string of the molecule is COCCOC1C(=O)CC1OCc1ccccc1. The molecule has 1 aromatic rings. The average molecular weight is 250 g/mol. The molecule has 2 atom stereocenters. The lowest BCUT2D eigenvalue weighted by Crippen LogP contribution is -2.50. The standard InChI is InChI=1S/C14H18O4/c1-16-7-8-17-14-12(15)9-13(14)18-10-11-5-3-2-4-6-11/h2-6,13-14H,7-10H2,1H3. The molecule has 98 valence electrons. The van der Waals surface area contributed by atoms with Gasteiger partial charge in [-0.05, 0) is 5.56 Å². The molecule has 1 fully saturated rings. The number of ether oxygens (including phenoxy) is 3. The van der Waals surface area contributed by atoms with E-state index >= 15 is 0 Å². The van der Waals surface area contributed by atoms with Crippen LogP contribution in [0, 0.1) is 0 Å². The molecule has 4 heteroatoms. The fourth-order valence-electron chi connectivity index (χ4n) is 1.85. The topological polar surface area (TPSA) is 44.8 Å². The summed E-state index contributed by atoms with van der Waals surface area (Å²) >= 11 is 0. The van der Waals surface area contributed by atoms with Gasteiger partial charge >= 0.3 is 0 Å². The predicted molar refractivity (Wildman–Crippen MR) is 66.3 cm³/mol. The fourth-order valence-corrected chi connectivity index (χ4v) is 1.85. The van der Waals surface area contributed by atoms with Gasteiger partial charge in [-0.15, -0.1) is 0 Å². The third-order valence-corrected chi connectivity index (χ3v) is 2.95. The summed E-state index contributed by atoms with van der Waals surface area (Å²) in [4.78, 5) is 11.4. The normalized spacial score (nSPS) is 22.8. The van der Waals surface area contributed by atoms with Crippen LogP contribution in [0.5, 0.6) is 0 Å². The van der Waals surface area contributed by atoms with Gasteiger partial charge in [-0.25, -0.2) is 0 Å². The molecule has 2 unspecified atom stereocenters. The van der Waals surface area contributed by atoms with E-state index < -0.39 is 6.10 Å². The lowest BCUT2D eigenvalue weighted by atomic mass is 9.90. The van der Waals surface area contributed by atoms with Crippen molar-refractivity contribution in [1.29, 1.82) is 0 Å². The number of carbonyl (C=O) groups is 1. The fraction of sp³-hybridized carbons (Fsp3) is 0.500. The van der Waals surface area contributed by atoms with E-state index in [4.69, 9.17) is 14.2 Å². The zero-order valence-corrected chi connectivity index (χ0v) is 10.5. The Morgan fingerprint density at radius 2 is 1.94 bits per heavy atom. The van der Waals surface area contributed by atoms with Crippen LogP contribution >= 0.6 is 0 Å². The number of methoxy groups -OCH3 is 1. The third kappa shape index (κ3) is 3.38. The van der Waals surface area contributed by atoms with Gasteiger partial charge in [-0.1, -0.05) is 30.3 Å². The Morgan fingerprint density at radius 3 is 2.61 bits per heavy atom. The van der Waals surface area contributed by atoms with Crippen molar-refractivity contribution in [2.24, 2.45) is 0 Å². The highest BCUT2D eigenvalue weighted by molar-refractivity contribution is 5.90. The molecular formula is C14H18O4. The van der Waals surface area contributed by atoms with Crippen molar-refractivity contribution in [2.75, 3.05) is 20.3 Å². The lowest BCUT2D eigenvalue weighted by molar-refractivity contribution is -0.169. The van der Waals surface area contributed by atoms with Crippen molar-refractivity contribution >= 4 is 5.78 Å². The van der Waals surface area contributed by atoms with Crippen LogP contribution in [0.3, 0.4) is 0 Å². The van der Waals surface area contributed by atoms with E-state index in [9.17, 15) is 4.79 Å². The molecule has 0 amide bonds. The quantitative estimate of drug-likeness (QED) is 0.689. The second-order valence-corrected chi connectivity index (χ2v) is 4.29. The zero-order valence-electron chi connectivity index (χ0n) is 10.5. The molecule has 0 aliphatic heterocycles. The van der Waals surface area contributed by atoms with Crippen LogP contribution in [0.1, 0.15) is 12.0 Å². The second kappa shape index (κ2) is 6.64. The highest BCUT2D eigenvalue weighted by Crippen LogP contribution is 2.24. The van der Waals surface area contributed by atoms with Gasteiger partial charge in [0.1, 0.15) is 6.10 Å². The van der Waals surface area contributed by atoms with Crippen molar-refractivity contribution in [1.82, 2.24) is 0 Å². The van der Waals surface area contributed by atoms with Gasteiger partial charge in [-0.3, -0.25) is 4.79 Å². The van der Waals surface area contributed by atoms with Crippen molar-refractivity contribution in [3.8, 4) is 0 Å². The molecule has 1 saturated carbocycles. The summed E-state index contributed by atoms with van der Waals surface area (Å²) < 4.78 is 16.0. The summed E-state index contributed by atoms with van der Waals surface area (Å²) in [5.41, 5.74) is 1.10. The molecular weight excluding hydrogens is 232 g/mol. The van der Waals surface area contributed by atoms with Gasteiger partial charge in [-0.2, -0.15) is 0 Å². The minimum Gasteiger partial charge on any atom is -0.382 e. The van der Waals surface area contributed by atoms with E-state index in [0.29, 0.717) is 26.2 Å². The van der Waals surface area contributed by atoms with Gasteiger partial charge < -0.3 is 14.2 Å². The Balaban J connectivity index is 1.74. The maximum absolute atomic E-state index is 11.4. The summed E-state index contributed by atoms with van der Waals surface area (Å²) in [6.07, 6.45) is -0.0803. The summed E-state index contributed by atoms with van der Waals surface area (Å²) in [6, 6.07) is 9.91. The van der Waals surface area contributed by atoms with Gasteiger partial charge in [0.2, 0.25) is 0 Å². The number of Topliss-reactive ketones (excluding diaryl/α,β-unsaturated/α-hetero) is 1. The van der Waals surface area contributed by atoms with E-state index in [1.54, 1.807) is 7.11 Å². The number of rotatable bonds is 7. The average Bonchev–Trinajstić information content (AvgIpc) is 2.40. The first-order valence-electron chi connectivity index (χ1n) is 6.10. The molecule has 1 aliphatic carbocycles. The second-order valence-electron chi connectivity index (χ2n) is 4.29. The van der Waals surface area contributed by atoms with E-state index in [1.165, 1.54) is 0 Å². The van der Waals surface area contributed by atoms with Crippen LogP contribution in [0.4, 0.5) is 0 Å². The number of carbonyl (C=O) groups excluding carboxylic acids is 1. The zero-order chi connectivity index (χ0) is 12.8. The van der Waals surface area contributed by atoms with Gasteiger partial charge in [0.05, 0.1) is 25.9 Å². The molecule has 0 heterocycles. The maximum atomic E-state index is 11.4. The van der Waals surface area contributed by atoms with Crippen molar-refractivity contribution in [2.45, 2.75) is 25.2 Å². The van der Waals surface area contributed by atoms with Crippen LogP contribution < -0.4 is 0 Å². The van der Waals surface area contributed by atoms with E-state index in [-0.39, 0.29) is 11.9 Å². The molecule has 0 saturated heterocycles. The smallest absolute Gasteiger partial charge is 0.166 e. The molecule has 0 bridgehead atoms. The Kier molecular flexibility index (Phi) is 4.87. The maximum Gasteiger partial charge on any atom is 0.166 e. The van der Waals surface area contributed by atoms with Crippen LogP contribution in [-0.2, 0) is 25.6 Å². The van der Waals surface area contributed by atoms with E-state index in [1.807, 2.05) is 30.3 Å². The van der Waals surface area contributed by atoms with Crippen molar-refractivity contribution in [3.63, 3.8) is 0 Å². The molecule has 0 N–H and O–H groups in total. The van der Waals surface area contributed by atoms with Crippen molar-refractivity contribution < 1.29 is 19.0 Å². The Bertz CT molecular complexity index is 377. The van der Waals surface area contributed by atoms with E-state index in [2.05, 4.69) is 0 Å². The molecule has 1 aliphatic rings. The van der Waals surface area contributed by atoms with Gasteiger partial charge in [0, 0.05) is 13.5 Å². The monoisotopic (exact) mass is 250 g/mol. The number of hydrogen-bond acceptors (Lipinski definition) is 4. The molecule has 18 heavy (non-hydrogen) atoms. The first-order chi connectivity index (χ1) is 8.81. The molecule has 1 aromatic carbocycles. The van der Waals surface area contributed by atoms with Crippen LogP contribution in [0.25, 0.3) is 0 Å². The summed E-state index contributed by atoms with van der Waals surface area (Å²) in [7, 11) is 1.61. The number of hydrogen-bond donors (Lipinski definition) is 0. The van der Waals surface area contributed by atoms with Crippen LogP contribution in [0.2, 0.25) is 0 Å². The van der Waals surface area contributed by atoms with Gasteiger partial charge in [0.15, 0.2) is 5.78 Å². The molecule has 2 rings (SSSR count). The molecule has 0 spiro atoms. The van der Waals surface area contributed by atoms with Crippen LogP contribution in [0.15, 0.2) is 30.3 Å². The first kappa shape index (κ1) is 13.2. The lowest BCUT2D eigenvalue weighted by Gasteiger charge is -2.34. The van der Waals surface area contributed by atoms with Crippen LogP contribution in [-0.4, -0.2) is 38.3 Å². The minimum atomic E-state index is -0.413.